The summed E-state index contributed by atoms with van der Waals surface area (Å²) in [7, 11) is 1.61. The van der Waals surface area contributed by atoms with E-state index in [1.807, 2.05) is 55.5 Å². The molecule has 7 nitrogen and oxygen atoms in total. The van der Waals surface area contributed by atoms with Gasteiger partial charge in [0.1, 0.15) is 11.5 Å². The minimum absolute atomic E-state index is 0.224. The van der Waals surface area contributed by atoms with E-state index in [4.69, 9.17) is 14.2 Å². The highest BCUT2D eigenvalue weighted by Crippen LogP contribution is 2.62. The van der Waals surface area contributed by atoms with E-state index >= 15 is 0 Å². The largest absolute Gasteiger partial charge is 0.497 e. The third kappa shape index (κ3) is 3.14. The van der Waals surface area contributed by atoms with E-state index in [1.54, 1.807) is 19.2 Å². The highest BCUT2D eigenvalue weighted by Gasteiger charge is 2.73. The summed E-state index contributed by atoms with van der Waals surface area (Å²) in [5.74, 6) is -0.168. The number of anilines is 1. The average molecular weight is 483 g/mol. The monoisotopic (exact) mass is 482 g/mol. The smallest absolute Gasteiger partial charge is 0.240 e. The average Bonchev–Trinajstić information content (AvgIpc) is 3.48. The molecule has 0 saturated carbocycles. The Morgan fingerprint density at radius 1 is 1.00 bits per heavy atom. The maximum absolute atomic E-state index is 14.0. The summed E-state index contributed by atoms with van der Waals surface area (Å²) in [6, 6.07) is 20.4. The second-order valence-corrected chi connectivity index (χ2v) is 10.0. The highest BCUT2D eigenvalue weighted by atomic mass is 16.5. The van der Waals surface area contributed by atoms with E-state index < -0.39 is 23.0 Å². The van der Waals surface area contributed by atoms with Crippen LogP contribution in [0.2, 0.25) is 0 Å². The number of hydrogen-bond donors (Lipinski definition) is 0. The summed E-state index contributed by atoms with van der Waals surface area (Å²) in [5.41, 5.74) is -0.401. The first-order chi connectivity index (χ1) is 17.4. The van der Waals surface area contributed by atoms with Crippen LogP contribution in [0.1, 0.15) is 31.7 Å². The van der Waals surface area contributed by atoms with E-state index in [-0.39, 0.29) is 11.8 Å². The van der Waals surface area contributed by atoms with Gasteiger partial charge in [0.2, 0.25) is 11.8 Å². The molecule has 0 unspecified atom stereocenters. The maximum Gasteiger partial charge on any atom is 0.240 e. The SMILES string of the molecule is COc1cccc(OCC[C@@]23CC[C@@](C)(O2)[C@H]2C(=O)N(c4ccc(C#N)c5ccccc45)C(=O)[C@H]23)c1. The molecular weight excluding hydrogens is 456 g/mol. The van der Waals surface area contributed by atoms with Gasteiger partial charge in [0.05, 0.1) is 54.1 Å². The Morgan fingerprint density at radius 3 is 2.53 bits per heavy atom. The Bertz CT molecular complexity index is 1450. The lowest BCUT2D eigenvalue weighted by Gasteiger charge is -2.31. The minimum Gasteiger partial charge on any atom is -0.497 e. The van der Waals surface area contributed by atoms with E-state index in [0.717, 1.165) is 5.39 Å². The van der Waals surface area contributed by atoms with E-state index in [0.29, 0.717) is 54.0 Å². The lowest BCUT2D eigenvalue weighted by atomic mass is 9.67. The first-order valence-electron chi connectivity index (χ1n) is 12.2. The van der Waals surface area contributed by atoms with Gasteiger partial charge in [-0.3, -0.25) is 9.59 Å². The van der Waals surface area contributed by atoms with Crippen LogP contribution in [0.5, 0.6) is 11.5 Å². The van der Waals surface area contributed by atoms with E-state index in [9.17, 15) is 14.9 Å². The van der Waals surface area contributed by atoms with Crippen molar-refractivity contribution in [3.8, 4) is 17.6 Å². The number of methoxy groups -OCH3 is 1. The summed E-state index contributed by atoms with van der Waals surface area (Å²) in [5, 5.41) is 11.0. The molecule has 4 atom stereocenters. The molecule has 2 bridgehead atoms. The van der Waals surface area contributed by atoms with Gasteiger partial charge in [0.15, 0.2) is 0 Å². The summed E-state index contributed by atoms with van der Waals surface area (Å²) >= 11 is 0. The molecule has 3 aromatic carbocycles. The van der Waals surface area contributed by atoms with Gasteiger partial charge < -0.3 is 14.2 Å². The van der Waals surface area contributed by atoms with Crippen LogP contribution >= 0.6 is 0 Å². The Morgan fingerprint density at radius 2 is 1.75 bits per heavy atom. The quantitative estimate of drug-likeness (QED) is 0.477. The lowest BCUT2D eigenvalue weighted by Crippen LogP contribution is -2.43. The fraction of sp³-hybridized carbons (Fsp3) is 0.345. The number of amides is 2. The van der Waals surface area contributed by atoms with Gasteiger partial charge in [-0.05, 0) is 44.0 Å². The Labute approximate surface area is 209 Å². The van der Waals surface area contributed by atoms with Gasteiger partial charge >= 0.3 is 0 Å². The highest BCUT2D eigenvalue weighted by molar-refractivity contribution is 6.26. The number of imide groups is 1. The van der Waals surface area contributed by atoms with Gasteiger partial charge in [-0.1, -0.05) is 30.3 Å². The molecule has 7 heteroatoms. The maximum atomic E-state index is 14.0. The van der Waals surface area contributed by atoms with Crippen molar-refractivity contribution in [2.45, 2.75) is 37.4 Å². The van der Waals surface area contributed by atoms with E-state index in [1.165, 1.54) is 4.90 Å². The van der Waals surface area contributed by atoms with Crippen LogP contribution in [0.4, 0.5) is 5.69 Å². The van der Waals surface area contributed by atoms with Crippen molar-refractivity contribution >= 4 is 28.3 Å². The summed E-state index contributed by atoms with van der Waals surface area (Å²) in [4.78, 5) is 29.1. The number of hydrogen-bond acceptors (Lipinski definition) is 6. The number of benzene rings is 3. The molecule has 36 heavy (non-hydrogen) atoms. The van der Waals surface area contributed by atoms with E-state index in [2.05, 4.69) is 6.07 Å². The predicted octanol–water partition coefficient (Wildman–Crippen LogP) is 4.62. The van der Waals surface area contributed by atoms with Crippen molar-refractivity contribution in [3.05, 3.63) is 66.2 Å². The van der Waals surface area contributed by atoms with Crippen molar-refractivity contribution in [1.82, 2.24) is 0 Å². The predicted molar refractivity (Wildman–Crippen MR) is 133 cm³/mol. The Balaban J connectivity index is 1.32. The third-order valence-corrected chi connectivity index (χ3v) is 8.11. The number of rotatable bonds is 6. The summed E-state index contributed by atoms with van der Waals surface area (Å²) < 4.78 is 17.8. The van der Waals surface area contributed by atoms with Crippen LogP contribution in [0.3, 0.4) is 0 Å². The molecule has 3 fully saturated rings. The van der Waals surface area contributed by atoms with Gasteiger partial charge in [-0.2, -0.15) is 5.26 Å². The van der Waals surface area contributed by atoms with Crippen LogP contribution in [-0.2, 0) is 14.3 Å². The lowest BCUT2D eigenvalue weighted by molar-refractivity contribution is -0.131. The molecule has 0 N–H and O–H groups in total. The zero-order valence-corrected chi connectivity index (χ0v) is 20.2. The fourth-order valence-electron chi connectivity index (χ4n) is 6.46. The number of ether oxygens (including phenoxy) is 3. The molecule has 0 spiro atoms. The van der Waals surface area contributed by atoms with Crippen molar-refractivity contribution in [1.29, 1.82) is 5.26 Å². The van der Waals surface area contributed by atoms with Gasteiger partial charge in [0, 0.05) is 23.3 Å². The zero-order chi connectivity index (χ0) is 25.1. The number of nitrogens with zero attached hydrogens (tertiary/aromatic N) is 2. The number of carbonyl (C=O) groups is 2. The number of fused-ring (bicyclic) bond motifs is 6. The molecule has 3 saturated heterocycles. The topological polar surface area (TPSA) is 88.9 Å². The van der Waals surface area contributed by atoms with Crippen LogP contribution in [0.15, 0.2) is 60.7 Å². The molecule has 3 aromatic rings. The van der Waals surface area contributed by atoms with Crippen LogP contribution < -0.4 is 14.4 Å². The molecule has 0 radical (unpaired) electrons. The van der Waals surface area contributed by atoms with Crippen LogP contribution in [0, 0.1) is 23.2 Å². The first-order valence-corrected chi connectivity index (χ1v) is 12.2. The first kappa shape index (κ1) is 22.6. The molecule has 3 aliphatic heterocycles. The Kier molecular flexibility index (Phi) is 5.06. The normalized spacial score (nSPS) is 28.4. The van der Waals surface area contributed by atoms with Crippen molar-refractivity contribution < 1.29 is 23.8 Å². The standard InChI is InChI=1S/C29H26N2O5/c1-28-12-13-29(36-28,14-15-35-20-7-5-6-19(16-20)34-2)25-24(28)26(32)31(27(25)33)23-11-10-18(17-30)21-8-3-4-9-22(21)23/h3-11,16,24-25H,12-15H2,1-2H3/t24-,25+,28-,29-/m1/s1. The zero-order valence-electron chi connectivity index (χ0n) is 20.2. The third-order valence-electron chi connectivity index (χ3n) is 8.11. The second-order valence-electron chi connectivity index (χ2n) is 10.0. The fourth-order valence-corrected chi connectivity index (χ4v) is 6.46. The molecule has 3 heterocycles. The molecule has 182 valence electrons. The summed E-state index contributed by atoms with van der Waals surface area (Å²) in [6.45, 7) is 2.31. The molecule has 6 rings (SSSR count). The van der Waals surface area contributed by atoms with Crippen molar-refractivity contribution in [2.24, 2.45) is 11.8 Å². The molecule has 0 aliphatic carbocycles. The van der Waals surface area contributed by atoms with Gasteiger partial charge in [0.25, 0.3) is 0 Å². The van der Waals surface area contributed by atoms with Gasteiger partial charge in [-0.15, -0.1) is 0 Å². The number of nitriles is 1. The molecule has 2 amide bonds. The second kappa shape index (κ2) is 8.07. The Hall–Kier alpha value is -3.89. The van der Waals surface area contributed by atoms with Crippen molar-refractivity contribution in [3.63, 3.8) is 0 Å². The minimum atomic E-state index is -0.748. The van der Waals surface area contributed by atoms with Crippen molar-refractivity contribution in [2.75, 3.05) is 18.6 Å². The van der Waals surface area contributed by atoms with Crippen LogP contribution in [0.25, 0.3) is 10.8 Å². The molecule has 3 aliphatic rings. The van der Waals surface area contributed by atoms with Crippen LogP contribution in [-0.4, -0.2) is 36.7 Å². The molecule has 0 aromatic heterocycles. The molecular formula is C29H26N2O5. The van der Waals surface area contributed by atoms with Gasteiger partial charge in [-0.25, -0.2) is 4.90 Å². The number of carbonyl (C=O) groups excluding carboxylic acids is 2. The summed E-state index contributed by atoms with van der Waals surface area (Å²) in [6.07, 6.45) is 1.92.